The quantitative estimate of drug-likeness (QED) is 0.606. The standard InChI is InChI=1S/C10H23NS2/c1-6-7-10(8-11(4)5)13-12-9(2)3/h9-10H,6-8H2,1-5H3. The molecule has 0 aliphatic rings. The first-order chi connectivity index (χ1) is 6.06. The molecule has 0 aliphatic carbocycles. The van der Waals surface area contributed by atoms with Gasteiger partial charge >= 0.3 is 0 Å². The molecule has 0 radical (unpaired) electrons. The third-order valence-corrected chi connectivity index (χ3v) is 5.02. The van der Waals surface area contributed by atoms with E-state index in [9.17, 15) is 0 Å². The first-order valence-corrected chi connectivity index (χ1v) is 7.30. The van der Waals surface area contributed by atoms with Crippen LogP contribution in [-0.4, -0.2) is 36.0 Å². The van der Waals surface area contributed by atoms with Crippen molar-refractivity contribution >= 4 is 21.6 Å². The highest BCUT2D eigenvalue weighted by molar-refractivity contribution is 8.77. The van der Waals surface area contributed by atoms with Crippen molar-refractivity contribution in [1.29, 1.82) is 0 Å². The maximum Gasteiger partial charge on any atom is 0.0278 e. The normalized spacial score (nSPS) is 14.1. The molecule has 0 N–H and O–H groups in total. The van der Waals surface area contributed by atoms with Gasteiger partial charge in [0.2, 0.25) is 0 Å². The summed E-state index contributed by atoms with van der Waals surface area (Å²) in [5, 5.41) is 1.54. The van der Waals surface area contributed by atoms with Gasteiger partial charge in [-0.25, -0.2) is 0 Å². The van der Waals surface area contributed by atoms with Crippen molar-refractivity contribution in [3.63, 3.8) is 0 Å². The van der Waals surface area contributed by atoms with E-state index < -0.39 is 0 Å². The van der Waals surface area contributed by atoms with E-state index in [4.69, 9.17) is 0 Å². The van der Waals surface area contributed by atoms with Crippen molar-refractivity contribution in [2.75, 3.05) is 20.6 Å². The van der Waals surface area contributed by atoms with E-state index in [1.807, 2.05) is 10.8 Å². The summed E-state index contributed by atoms with van der Waals surface area (Å²) in [6.45, 7) is 7.99. The Morgan fingerprint density at radius 1 is 1.15 bits per heavy atom. The topological polar surface area (TPSA) is 3.24 Å². The van der Waals surface area contributed by atoms with Crippen molar-refractivity contribution < 1.29 is 0 Å². The van der Waals surface area contributed by atoms with Gasteiger partial charge < -0.3 is 4.90 Å². The molecule has 0 fully saturated rings. The van der Waals surface area contributed by atoms with Crippen molar-refractivity contribution in [2.45, 2.75) is 44.1 Å². The maximum atomic E-state index is 2.29. The Bertz CT molecular complexity index is 115. The fourth-order valence-corrected chi connectivity index (χ4v) is 3.77. The first-order valence-electron chi connectivity index (χ1n) is 5.03. The number of rotatable bonds is 7. The fourth-order valence-electron chi connectivity index (χ4n) is 1.09. The smallest absolute Gasteiger partial charge is 0.0278 e. The van der Waals surface area contributed by atoms with Crippen LogP contribution in [0.3, 0.4) is 0 Å². The van der Waals surface area contributed by atoms with Crippen molar-refractivity contribution in [3.8, 4) is 0 Å². The molecule has 1 atom stereocenters. The van der Waals surface area contributed by atoms with Gasteiger partial charge in [-0.15, -0.1) is 0 Å². The van der Waals surface area contributed by atoms with Crippen LogP contribution >= 0.6 is 21.6 Å². The minimum atomic E-state index is 0.742. The minimum Gasteiger partial charge on any atom is -0.308 e. The van der Waals surface area contributed by atoms with Crippen LogP contribution < -0.4 is 0 Å². The minimum absolute atomic E-state index is 0.742. The molecular weight excluding hydrogens is 198 g/mol. The molecular formula is C10H23NS2. The highest BCUT2D eigenvalue weighted by Gasteiger charge is 2.10. The van der Waals surface area contributed by atoms with Gasteiger partial charge in [0.1, 0.15) is 0 Å². The molecule has 0 spiro atoms. The molecule has 0 aliphatic heterocycles. The Morgan fingerprint density at radius 3 is 2.15 bits per heavy atom. The molecule has 0 heterocycles. The van der Waals surface area contributed by atoms with Gasteiger partial charge in [-0.3, -0.25) is 0 Å². The van der Waals surface area contributed by atoms with Crippen molar-refractivity contribution in [1.82, 2.24) is 4.90 Å². The fraction of sp³-hybridized carbons (Fsp3) is 1.00. The average Bonchev–Trinajstić information content (AvgIpc) is 1.99. The average molecular weight is 221 g/mol. The highest BCUT2D eigenvalue weighted by atomic mass is 33.1. The van der Waals surface area contributed by atoms with Crippen LogP contribution in [0.5, 0.6) is 0 Å². The summed E-state index contributed by atoms with van der Waals surface area (Å²) in [6, 6.07) is 0. The van der Waals surface area contributed by atoms with Gasteiger partial charge in [-0.2, -0.15) is 0 Å². The van der Waals surface area contributed by atoms with Gasteiger partial charge in [0.25, 0.3) is 0 Å². The largest absolute Gasteiger partial charge is 0.308 e. The first kappa shape index (κ1) is 13.7. The maximum absolute atomic E-state index is 2.29. The van der Waals surface area contributed by atoms with Gasteiger partial charge in [-0.05, 0) is 20.5 Å². The lowest BCUT2D eigenvalue weighted by molar-refractivity contribution is 0.400. The summed E-state index contributed by atoms with van der Waals surface area (Å²) in [6.07, 6.45) is 2.63. The Balaban J connectivity index is 3.66. The predicted molar refractivity (Wildman–Crippen MR) is 67.6 cm³/mol. The summed E-state index contributed by atoms with van der Waals surface area (Å²) in [7, 11) is 8.38. The summed E-state index contributed by atoms with van der Waals surface area (Å²) in [5.41, 5.74) is 0. The number of nitrogens with zero attached hydrogens (tertiary/aromatic N) is 1. The van der Waals surface area contributed by atoms with E-state index in [2.05, 4.69) is 50.6 Å². The summed E-state index contributed by atoms with van der Waals surface area (Å²) < 4.78 is 0. The zero-order valence-corrected chi connectivity index (χ0v) is 11.2. The molecule has 0 aromatic carbocycles. The molecule has 0 bridgehead atoms. The van der Waals surface area contributed by atoms with Gasteiger partial charge in [0, 0.05) is 17.0 Å². The molecule has 1 nitrogen and oxygen atoms in total. The number of hydrogen-bond acceptors (Lipinski definition) is 3. The molecule has 0 aromatic heterocycles. The second-order valence-corrected chi connectivity index (χ2v) is 7.06. The van der Waals surface area contributed by atoms with Crippen LogP contribution in [0, 0.1) is 0 Å². The lowest BCUT2D eigenvalue weighted by Gasteiger charge is -2.20. The van der Waals surface area contributed by atoms with Crippen LogP contribution in [0.4, 0.5) is 0 Å². The molecule has 80 valence electrons. The monoisotopic (exact) mass is 221 g/mol. The second kappa shape index (κ2) is 8.01. The molecule has 0 saturated carbocycles. The van der Waals surface area contributed by atoms with Crippen LogP contribution in [0.15, 0.2) is 0 Å². The van der Waals surface area contributed by atoms with Gasteiger partial charge in [-0.1, -0.05) is 48.8 Å². The van der Waals surface area contributed by atoms with Crippen LogP contribution in [0.2, 0.25) is 0 Å². The van der Waals surface area contributed by atoms with Crippen LogP contribution in [0.25, 0.3) is 0 Å². The Morgan fingerprint density at radius 2 is 1.77 bits per heavy atom. The van der Waals surface area contributed by atoms with E-state index in [1.54, 1.807) is 0 Å². The molecule has 3 heteroatoms. The lowest BCUT2D eigenvalue weighted by atomic mass is 10.2. The van der Waals surface area contributed by atoms with E-state index in [1.165, 1.54) is 19.4 Å². The molecule has 0 aromatic rings. The Hall–Kier alpha value is 0.660. The molecule has 0 amide bonds. The summed E-state index contributed by atoms with van der Waals surface area (Å²) in [5.74, 6) is 0. The van der Waals surface area contributed by atoms with Crippen molar-refractivity contribution in [3.05, 3.63) is 0 Å². The SMILES string of the molecule is CCCC(CN(C)C)SSC(C)C. The molecule has 0 rings (SSSR count). The third-order valence-electron chi connectivity index (χ3n) is 1.56. The van der Waals surface area contributed by atoms with E-state index in [0.717, 1.165) is 10.5 Å². The Labute approximate surface area is 91.4 Å². The lowest BCUT2D eigenvalue weighted by Crippen LogP contribution is -2.23. The zero-order chi connectivity index (χ0) is 10.3. The van der Waals surface area contributed by atoms with E-state index in [-0.39, 0.29) is 0 Å². The second-order valence-electron chi connectivity index (χ2n) is 3.91. The van der Waals surface area contributed by atoms with Crippen molar-refractivity contribution in [2.24, 2.45) is 0 Å². The number of hydrogen-bond donors (Lipinski definition) is 0. The molecule has 0 saturated heterocycles. The molecule has 1 unspecified atom stereocenters. The van der Waals surface area contributed by atoms with Crippen LogP contribution in [0.1, 0.15) is 33.6 Å². The third kappa shape index (κ3) is 8.98. The highest BCUT2D eigenvalue weighted by Crippen LogP contribution is 2.33. The Kier molecular flexibility index (Phi) is 8.42. The van der Waals surface area contributed by atoms with Gasteiger partial charge in [0.15, 0.2) is 0 Å². The predicted octanol–water partition coefficient (Wildman–Crippen LogP) is 3.51. The van der Waals surface area contributed by atoms with E-state index >= 15 is 0 Å². The molecule has 13 heavy (non-hydrogen) atoms. The van der Waals surface area contributed by atoms with E-state index in [0.29, 0.717) is 0 Å². The van der Waals surface area contributed by atoms with Gasteiger partial charge in [0.05, 0.1) is 0 Å². The summed E-state index contributed by atoms with van der Waals surface area (Å²) in [4.78, 5) is 2.29. The van der Waals surface area contributed by atoms with Crippen LogP contribution in [-0.2, 0) is 0 Å². The zero-order valence-electron chi connectivity index (χ0n) is 9.54. The summed E-state index contributed by atoms with van der Waals surface area (Å²) >= 11 is 0.